The zero-order chi connectivity index (χ0) is 34.0. The third-order valence-corrected chi connectivity index (χ3v) is 13.9. The predicted octanol–water partition coefficient (Wildman–Crippen LogP) is 9.64. The van der Waals surface area contributed by atoms with Crippen LogP contribution in [0.4, 0.5) is 0 Å². The van der Waals surface area contributed by atoms with Crippen LogP contribution in [0.2, 0.25) is 0 Å². The van der Waals surface area contributed by atoms with Crippen LogP contribution in [0.15, 0.2) is 188 Å². The molecule has 3 heteroatoms. The summed E-state index contributed by atoms with van der Waals surface area (Å²) in [7, 11) is -1.81. The second-order valence-electron chi connectivity index (χ2n) is 12.3. The second-order valence-corrected chi connectivity index (χ2v) is 16.7. The summed E-state index contributed by atoms with van der Waals surface area (Å²) < 4.78 is 6.86. The Morgan fingerprint density at radius 2 is 0.840 bits per heavy atom. The molecule has 7 rings (SSSR count). The number of rotatable bonds is 13. The Balaban J connectivity index is 1.57. The minimum Gasteiger partial charge on any atom is -0.493 e. The molecule has 7 aromatic rings. The van der Waals surface area contributed by atoms with Crippen molar-refractivity contribution in [3.8, 4) is 16.9 Å². The van der Waals surface area contributed by atoms with Crippen LogP contribution in [0.1, 0.15) is 30.9 Å². The Labute approximate surface area is 300 Å². The van der Waals surface area contributed by atoms with Crippen LogP contribution in [0.5, 0.6) is 5.75 Å². The summed E-state index contributed by atoms with van der Waals surface area (Å²) >= 11 is 0. The van der Waals surface area contributed by atoms with Crippen molar-refractivity contribution in [2.45, 2.75) is 26.2 Å². The van der Waals surface area contributed by atoms with Crippen molar-refractivity contribution in [3.05, 3.63) is 199 Å². The van der Waals surface area contributed by atoms with Gasteiger partial charge >= 0.3 is 0 Å². The zero-order valence-corrected chi connectivity index (χ0v) is 30.3. The molecule has 1 nitrogen and oxygen atoms in total. The first-order chi connectivity index (χ1) is 24.8. The van der Waals surface area contributed by atoms with E-state index in [0.29, 0.717) is 6.61 Å². The van der Waals surface area contributed by atoms with Gasteiger partial charge in [0.1, 0.15) is 5.75 Å². The number of hydrogen-bond donors (Lipinski definition) is 0. The van der Waals surface area contributed by atoms with E-state index in [9.17, 15) is 0 Å². The highest BCUT2D eigenvalue weighted by Gasteiger charge is 2.29. The lowest BCUT2D eigenvalue weighted by atomic mass is 9.94. The first-order valence-corrected chi connectivity index (χ1v) is 20.2. The predicted molar refractivity (Wildman–Crippen MR) is 219 cm³/mol. The van der Waals surface area contributed by atoms with Crippen LogP contribution >= 0.6 is 15.8 Å². The molecular formula is C47H42OP2. The van der Waals surface area contributed by atoms with Crippen LogP contribution in [0.3, 0.4) is 0 Å². The first-order valence-electron chi connectivity index (χ1n) is 17.5. The van der Waals surface area contributed by atoms with Crippen molar-refractivity contribution < 1.29 is 4.74 Å². The highest BCUT2D eigenvalue weighted by Crippen LogP contribution is 2.45. The van der Waals surface area contributed by atoms with Crippen molar-refractivity contribution in [2.75, 3.05) is 6.61 Å². The van der Waals surface area contributed by atoms with E-state index in [4.69, 9.17) is 4.74 Å². The molecule has 0 amide bonds. The van der Waals surface area contributed by atoms with Gasteiger partial charge in [0.05, 0.1) is 6.61 Å². The van der Waals surface area contributed by atoms with Gasteiger partial charge in [-0.3, -0.25) is 0 Å². The van der Waals surface area contributed by atoms with Gasteiger partial charge in [-0.15, -0.1) is 0 Å². The van der Waals surface area contributed by atoms with Gasteiger partial charge in [-0.05, 0) is 83.3 Å². The quantitative estimate of drug-likeness (QED) is 0.0869. The average molecular weight is 685 g/mol. The van der Waals surface area contributed by atoms with E-state index in [-0.39, 0.29) is 0 Å². The first kappa shape index (κ1) is 33.7. The summed E-state index contributed by atoms with van der Waals surface area (Å²) in [5, 5.41) is 8.02. The number of benzene rings is 7. The molecule has 0 atom stereocenters. The van der Waals surface area contributed by atoms with E-state index < -0.39 is 15.8 Å². The summed E-state index contributed by atoms with van der Waals surface area (Å²) in [5.74, 6) is 0.966. The Morgan fingerprint density at radius 1 is 0.420 bits per heavy atom. The second kappa shape index (κ2) is 16.7. The molecule has 0 unspecified atom stereocenters. The molecule has 0 N–H and O–H groups in total. The lowest BCUT2D eigenvalue weighted by Gasteiger charge is -2.29. The molecule has 0 saturated carbocycles. The minimum absolute atomic E-state index is 0.684. The van der Waals surface area contributed by atoms with Crippen molar-refractivity contribution in [1.29, 1.82) is 0 Å². The maximum atomic E-state index is 6.86. The van der Waals surface area contributed by atoms with Crippen molar-refractivity contribution >= 4 is 47.7 Å². The molecule has 0 saturated heterocycles. The molecule has 0 fully saturated rings. The largest absolute Gasteiger partial charge is 0.493 e. The molecule has 0 radical (unpaired) electrons. The molecule has 50 heavy (non-hydrogen) atoms. The van der Waals surface area contributed by atoms with Crippen molar-refractivity contribution in [1.82, 2.24) is 0 Å². The standard InChI is InChI=1S/C47H42OP2/c1-2-3-35-48-43-32-20-34-45(50(41-28-15-7-16-29-41)42-30-17-8-18-31-42)47(43)46-38(36-37-21-9-4-10-22-37)23-19-33-44(46)49(39-24-11-5-12-25-39)40-26-13-6-14-27-40/h4-34H,2-3,35-36H2,1H3. The number of hydrogen-bond acceptors (Lipinski definition) is 1. The molecule has 0 spiro atoms. The Hall–Kier alpha value is -4.80. The Kier molecular flexibility index (Phi) is 11.3. The van der Waals surface area contributed by atoms with Crippen LogP contribution in [0, 0.1) is 0 Å². The lowest BCUT2D eigenvalue weighted by Crippen LogP contribution is -2.27. The molecular weight excluding hydrogens is 642 g/mol. The van der Waals surface area contributed by atoms with Gasteiger partial charge in [-0.2, -0.15) is 0 Å². The van der Waals surface area contributed by atoms with Crippen molar-refractivity contribution in [3.63, 3.8) is 0 Å². The van der Waals surface area contributed by atoms with E-state index in [1.54, 1.807) is 0 Å². The van der Waals surface area contributed by atoms with E-state index in [2.05, 4.69) is 195 Å². The fourth-order valence-corrected chi connectivity index (χ4v) is 11.6. The third kappa shape index (κ3) is 7.66. The van der Waals surface area contributed by atoms with Crippen molar-refractivity contribution in [2.24, 2.45) is 0 Å². The summed E-state index contributed by atoms with van der Waals surface area (Å²) in [4.78, 5) is 0. The number of unbranched alkanes of at least 4 members (excludes halogenated alkanes) is 1. The monoisotopic (exact) mass is 684 g/mol. The van der Waals surface area contributed by atoms with E-state index in [1.165, 1.54) is 54.1 Å². The molecule has 0 aliphatic heterocycles. The smallest absolute Gasteiger partial charge is 0.127 e. The fraction of sp³-hybridized carbons (Fsp3) is 0.106. The summed E-state index contributed by atoms with van der Waals surface area (Å²) in [6.45, 7) is 2.91. The molecule has 0 aromatic heterocycles. The Morgan fingerprint density at radius 3 is 1.30 bits per heavy atom. The summed E-state index contributed by atoms with van der Waals surface area (Å²) in [6, 6.07) is 69.0. The van der Waals surface area contributed by atoms with Gasteiger partial charge in [0.15, 0.2) is 0 Å². The highest BCUT2D eigenvalue weighted by molar-refractivity contribution is 7.80. The zero-order valence-electron chi connectivity index (χ0n) is 28.5. The molecule has 0 heterocycles. The van der Waals surface area contributed by atoms with E-state index in [0.717, 1.165) is 25.0 Å². The van der Waals surface area contributed by atoms with Crippen LogP contribution < -0.4 is 36.6 Å². The average Bonchev–Trinajstić information content (AvgIpc) is 3.18. The van der Waals surface area contributed by atoms with Crippen LogP contribution in [-0.4, -0.2) is 6.61 Å². The van der Waals surface area contributed by atoms with Gasteiger partial charge in [-0.1, -0.05) is 195 Å². The molecule has 7 aromatic carbocycles. The van der Waals surface area contributed by atoms with Crippen LogP contribution in [0.25, 0.3) is 11.1 Å². The van der Waals surface area contributed by atoms with Gasteiger partial charge in [-0.25, -0.2) is 0 Å². The summed E-state index contributed by atoms with van der Waals surface area (Å²) in [6.07, 6.45) is 2.92. The van der Waals surface area contributed by atoms with Crippen LogP contribution in [-0.2, 0) is 6.42 Å². The molecule has 0 aliphatic rings. The maximum Gasteiger partial charge on any atom is 0.127 e. The molecule has 0 aliphatic carbocycles. The van der Waals surface area contributed by atoms with Gasteiger partial charge in [0.2, 0.25) is 0 Å². The summed E-state index contributed by atoms with van der Waals surface area (Å²) in [5.41, 5.74) is 5.14. The topological polar surface area (TPSA) is 9.23 Å². The fourth-order valence-electron chi connectivity index (χ4n) is 6.59. The SMILES string of the molecule is CCCCOc1cccc(P(c2ccccc2)c2ccccc2)c1-c1c(Cc2ccccc2)cccc1P(c1ccccc1)c1ccccc1. The van der Waals surface area contributed by atoms with Gasteiger partial charge < -0.3 is 4.74 Å². The molecule has 246 valence electrons. The lowest BCUT2D eigenvalue weighted by molar-refractivity contribution is 0.311. The minimum atomic E-state index is -0.910. The number of ether oxygens (including phenoxy) is 1. The highest BCUT2D eigenvalue weighted by atomic mass is 31.1. The third-order valence-electron chi connectivity index (χ3n) is 8.92. The maximum absolute atomic E-state index is 6.86. The van der Waals surface area contributed by atoms with E-state index >= 15 is 0 Å². The normalized spacial score (nSPS) is 11.2. The Bertz CT molecular complexity index is 2000. The van der Waals surface area contributed by atoms with Gasteiger partial charge in [0, 0.05) is 5.56 Å². The van der Waals surface area contributed by atoms with Gasteiger partial charge in [0.25, 0.3) is 0 Å². The van der Waals surface area contributed by atoms with E-state index in [1.807, 2.05) is 0 Å². The molecule has 0 bridgehead atoms.